The molecule has 1 N–H and O–H groups in total. The highest BCUT2D eigenvalue weighted by atomic mass is 19.1. The van der Waals surface area contributed by atoms with Gasteiger partial charge in [0.1, 0.15) is 11.6 Å². The van der Waals surface area contributed by atoms with E-state index in [4.69, 9.17) is 14.0 Å². The molecule has 1 fully saturated rings. The van der Waals surface area contributed by atoms with Crippen LogP contribution in [0.4, 0.5) is 10.2 Å². The average molecular weight is 466 g/mol. The number of hydrogen-bond donors (Lipinski definition) is 1. The van der Waals surface area contributed by atoms with Gasteiger partial charge in [-0.05, 0) is 93.6 Å². The molecule has 1 aromatic heterocycles. The van der Waals surface area contributed by atoms with Crippen LogP contribution in [0.3, 0.4) is 0 Å². The number of hydrogen-bond acceptors (Lipinski definition) is 6. The average Bonchev–Trinajstić information content (AvgIpc) is 3.43. The molecule has 2 aromatic rings. The van der Waals surface area contributed by atoms with E-state index < -0.39 is 18.3 Å². The SMILES string of the molecule is COC(=O)CC1CCc2cc(NC3CCc4c(B5OC(C)(C)C(C)(C)O5)ccc(F)c43)ncc21. The lowest BCUT2D eigenvalue weighted by Gasteiger charge is -2.32. The Hall–Kier alpha value is -2.45. The number of nitrogens with one attached hydrogen (secondary N) is 1. The van der Waals surface area contributed by atoms with Crippen molar-refractivity contribution in [1.29, 1.82) is 0 Å². The molecule has 2 aliphatic carbocycles. The quantitative estimate of drug-likeness (QED) is 0.526. The lowest BCUT2D eigenvalue weighted by Crippen LogP contribution is -2.41. The van der Waals surface area contributed by atoms with Crippen molar-refractivity contribution >= 4 is 24.4 Å². The van der Waals surface area contributed by atoms with Gasteiger partial charge in [-0.3, -0.25) is 4.79 Å². The van der Waals surface area contributed by atoms with E-state index in [2.05, 4.69) is 10.3 Å². The van der Waals surface area contributed by atoms with Crippen LogP contribution in [0, 0.1) is 5.82 Å². The lowest BCUT2D eigenvalue weighted by atomic mass is 9.75. The van der Waals surface area contributed by atoms with Gasteiger partial charge in [0.05, 0.1) is 30.8 Å². The minimum atomic E-state index is -0.511. The van der Waals surface area contributed by atoms with Gasteiger partial charge >= 0.3 is 13.1 Å². The van der Waals surface area contributed by atoms with Crippen LogP contribution in [0.25, 0.3) is 0 Å². The minimum absolute atomic E-state index is 0.149. The van der Waals surface area contributed by atoms with Gasteiger partial charge in [0.2, 0.25) is 0 Å². The number of halogens is 1. The molecule has 5 rings (SSSR count). The van der Waals surface area contributed by atoms with E-state index in [9.17, 15) is 4.79 Å². The van der Waals surface area contributed by atoms with E-state index in [-0.39, 0.29) is 23.7 Å². The third-order valence-electron chi connectivity index (χ3n) is 8.07. The molecule has 1 aromatic carbocycles. The van der Waals surface area contributed by atoms with Gasteiger partial charge in [-0.1, -0.05) is 6.07 Å². The van der Waals surface area contributed by atoms with Gasteiger partial charge in [-0.25, -0.2) is 9.37 Å². The fraction of sp³-hybridized carbons (Fsp3) is 0.538. The Balaban J connectivity index is 1.37. The van der Waals surface area contributed by atoms with Crippen LogP contribution in [0.5, 0.6) is 0 Å². The summed E-state index contributed by atoms with van der Waals surface area (Å²) in [5.74, 6) is 0.465. The van der Waals surface area contributed by atoms with Crippen LogP contribution in [0.1, 0.15) is 81.2 Å². The largest absolute Gasteiger partial charge is 0.495 e. The zero-order chi connectivity index (χ0) is 24.3. The number of methoxy groups -OCH3 is 1. The molecule has 0 amide bonds. The highest BCUT2D eigenvalue weighted by molar-refractivity contribution is 6.62. The molecule has 6 nitrogen and oxygen atoms in total. The third-order valence-corrected chi connectivity index (χ3v) is 8.07. The maximum Gasteiger partial charge on any atom is 0.495 e. The summed E-state index contributed by atoms with van der Waals surface area (Å²) in [7, 11) is 0.906. The number of benzene rings is 1. The first-order chi connectivity index (χ1) is 16.1. The fourth-order valence-electron chi connectivity index (χ4n) is 5.41. The minimum Gasteiger partial charge on any atom is -0.469 e. The Morgan fingerprint density at radius 3 is 2.65 bits per heavy atom. The molecule has 2 unspecified atom stereocenters. The second kappa shape index (κ2) is 8.34. The topological polar surface area (TPSA) is 69.7 Å². The second-order valence-corrected chi connectivity index (χ2v) is 10.6. The highest BCUT2D eigenvalue weighted by Crippen LogP contribution is 2.41. The second-order valence-electron chi connectivity index (χ2n) is 10.6. The maximum atomic E-state index is 15.1. The van der Waals surface area contributed by atoms with Gasteiger partial charge in [0, 0.05) is 11.8 Å². The Morgan fingerprint density at radius 2 is 1.94 bits per heavy atom. The number of nitrogens with zero attached hydrogens (tertiary/aromatic N) is 1. The van der Waals surface area contributed by atoms with Crippen molar-refractivity contribution in [3.8, 4) is 0 Å². The number of aromatic nitrogens is 1. The predicted molar refractivity (Wildman–Crippen MR) is 129 cm³/mol. The number of carbonyl (C=O) groups is 1. The summed E-state index contributed by atoms with van der Waals surface area (Å²) in [6, 6.07) is 5.19. The van der Waals surface area contributed by atoms with Crippen LogP contribution in [0.15, 0.2) is 24.4 Å². The number of rotatable bonds is 5. The third kappa shape index (κ3) is 3.91. The molecule has 34 heavy (non-hydrogen) atoms. The van der Waals surface area contributed by atoms with E-state index in [0.29, 0.717) is 12.0 Å². The molecule has 0 radical (unpaired) electrons. The monoisotopic (exact) mass is 466 g/mol. The van der Waals surface area contributed by atoms with E-state index in [1.54, 1.807) is 6.07 Å². The summed E-state index contributed by atoms with van der Waals surface area (Å²) < 4.78 is 32.4. The number of aryl methyl sites for hydroxylation is 1. The smallest absolute Gasteiger partial charge is 0.469 e. The maximum absolute atomic E-state index is 15.1. The summed E-state index contributed by atoms with van der Waals surface area (Å²) in [6.45, 7) is 8.10. The summed E-state index contributed by atoms with van der Waals surface area (Å²) in [6.07, 6.45) is 5.55. The molecule has 1 aliphatic heterocycles. The van der Waals surface area contributed by atoms with Crippen LogP contribution in [0.2, 0.25) is 0 Å². The van der Waals surface area contributed by atoms with Crippen molar-refractivity contribution < 1.29 is 23.2 Å². The molecule has 2 heterocycles. The van der Waals surface area contributed by atoms with Crippen LogP contribution < -0.4 is 10.8 Å². The number of ether oxygens (including phenoxy) is 1. The van der Waals surface area contributed by atoms with Gasteiger partial charge < -0.3 is 19.4 Å². The van der Waals surface area contributed by atoms with Crippen molar-refractivity contribution in [2.24, 2.45) is 0 Å². The summed E-state index contributed by atoms with van der Waals surface area (Å²) in [5, 5.41) is 3.46. The number of pyridine rings is 1. The molecular weight excluding hydrogens is 434 g/mol. The zero-order valence-electron chi connectivity index (χ0n) is 20.5. The van der Waals surface area contributed by atoms with Gasteiger partial charge in [0.25, 0.3) is 0 Å². The van der Waals surface area contributed by atoms with E-state index in [1.165, 1.54) is 18.7 Å². The van der Waals surface area contributed by atoms with Crippen molar-refractivity contribution in [2.75, 3.05) is 12.4 Å². The molecule has 0 saturated carbocycles. The lowest BCUT2D eigenvalue weighted by molar-refractivity contribution is -0.141. The summed E-state index contributed by atoms with van der Waals surface area (Å²) in [5.41, 5.74) is 3.96. The summed E-state index contributed by atoms with van der Waals surface area (Å²) in [4.78, 5) is 16.3. The molecule has 2 atom stereocenters. The van der Waals surface area contributed by atoms with E-state index in [0.717, 1.165) is 48.1 Å². The number of anilines is 1. The molecule has 180 valence electrons. The van der Waals surface area contributed by atoms with Gasteiger partial charge in [0.15, 0.2) is 0 Å². The van der Waals surface area contributed by atoms with E-state index in [1.807, 2.05) is 40.0 Å². The standard InChI is InChI=1S/C26H32BFN2O4/c1-25(2)26(3,4)34-27(33-25)19-9-10-20(28)24-17(19)8-11-21(24)30-22-12-15-6-7-16(13-23(31)32-5)18(15)14-29-22/h9-10,12,14,16,21H,6-8,11,13H2,1-5H3,(H,29,30). The first-order valence-electron chi connectivity index (χ1n) is 12.1. The number of carbonyl (C=O) groups excluding carboxylic acids is 1. The molecule has 8 heteroatoms. The molecule has 3 aliphatic rings. The Morgan fingerprint density at radius 1 is 1.21 bits per heavy atom. The van der Waals surface area contributed by atoms with Crippen molar-refractivity contribution in [3.63, 3.8) is 0 Å². The van der Waals surface area contributed by atoms with E-state index >= 15 is 4.39 Å². The van der Waals surface area contributed by atoms with Crippen LogP contribution >= 0.6 is 0 Å². The first-order valence-corrected chi connectivity index (χ1v) is 12.1. The van der Waals surface area contributed by atoms with Crippen LogP contribution in [-0.4, -0.2) is 36.4 Å². The van der Waals surface area contributed by atoms with Crippen LogP contribution in [-0.2, 0) is 31.7 Å². The van der Waals surface area contributed by atoms with Crippen molar-refractivity contribution in [3.05, 3.63) is 52.5 Å². The number of fused-ring (bicyclic) bond motifs is 2. The Bertz CT molecular complexity index is 1120. The fourth-order valence-corrected chi connectivity index (χ4v) is 5.41. The first kappa shape index (κ1) is 23.3. The number of esters is 1. The highest BCUT2D eigenvalue weighted by Gasteiger charge is 2.52. The van der Waals surface area contributed by atoms with Gasteiger partial charge in [-0.15, -0.1) is 0 Å². The Kier molecular flexibility index (Phi) is 5.72. The molecular formula is C26H32BFN2O4. The predicted octanol–water partition coefficient (Wildman–Crippen LogP) is 4.21. The normalized spacial score (nSPS) is 24.1. The molecule has 0 bridgehead atoms. The summed E-state index contributed by atoms with van der Waals surface area (Å²) >= 11 is 0. The van der Waals surface area contributed by atoms with Crippen molar-refractivity contribution in [2.45, 2.75) is 83.0 Å². The van der Waals surface area contributed by atoms with Crippen molar-refractivity contribution in [1.82, 2.24) is 4.98 Å². The van der Waals surface area contributed by atoms with Gasteiger partial charge in [-0.2, -0.15) is 0 Å². The zero-order valence-corrected chi connectivity index (χ0v) is 20.5. The molecule has 0 spiro atoms. The Labute approximate surface area is 200 Å². The molecule has 1 saturated heterocycles.